The lowest BCUT2D eigenvalue weighted by molar-refractivity contribution is 0.683. The Morgan fingerprint density at radius 3 is 2.76 bits per heavy atom. The van der Waals surface area contributed by atoms with Crippen molar-refractivity contribution in [3.8, 4) is 0 Å². The van der Waals surface area contributed by atoms with Crippen molar-refractivity contribution in [2.24, 2.45) is 0 Å². The quantitative estimate of drug-likeness (QED) is 0.844. The highest BCUT2D eigenvalue weighted by Crippen LogP contribution is 2.26. The first-order valence-electron chi connectivity index (χ1n) is 7.90. The van der Waals surface area contributed by atoms with Crippen LogP contribution in [0.2, 0.25) is 0 Å². The molecule has 0 saturated carbocycles. The van der Waals surface area contributed by atoms with Crippen molar-refractivity contribution >= 4 is 5.69 Å². The summed E-state index contributed by atoms with van der Waals surface area (Å²) in [7, 11) is 2.19. The summed E-state index contributed by atoms with van der Waals surface area (Å²) in [6, 6.07) is 17.6. The van der Waals surface area contributed by atoms with Crippen molar-refractivity contribution in [2.45, 2.75) is 25.8 Å². The molecule has 0 atom stereocenters. The van der Waals surface area contributed by atoms with Gasteiger partial charge in [0.1, 0.15) is 0 Å². The zero-order valence-electron chi connectivity index (χ0n) is 12.8. The number of aryl methyl sites for hydroxylation is 1. The van der Waals surface area contributed by atoms with Crippen LogP contribution < -0.4 is 10.2 Å². The van der Waals surface area contributed by atoms with Crippen LogP contribution in [0.15, 0.2) is 48.5 Å². The summed E-state index contributed by atoms with van der Waals surface area (Å²) in [5.74, 6) is 0. The van der Waals surface area contributed by atoms with Crippen molar-refractivity contribution in [2.75, 3.05) is 25.0 Å². The molecule has 1 N–H and O–H groups in total. The molecule has 2 aromatic carbocycles. The maximum Gasteiger partial charge on any atom is 0.0396 e. The Bertz CT molecular complexity index is 577. The Balaban J connectivity index is 1.52. The minimum atomic E-state index is 0.962. The van der Waals surface area contributed by atoms with E-state index in [1.807, 2.05) is 0 Å². The van der Waals surface area contributed by atoms with Crippen molar-refractivity contribution in [3.63, 3.8) is 0 Å². The average Bonchev–Trinajstić information content (AvgIpc) is 2.53. The van der Waals surface area contributed by atoms with Crippen LogP contribution in [0.4, 0.5) is 5.69 Å². The van der Waals surface area contributed by atoms with Gasteiger partial charge in [0.05, 0.1) is 0 Å². The van der Waals surface area contributed by atoms with Crippen LogP contribution in [-0.4, -0.2) is 20.1 Å². The zero-order valence-corrected chi connectivity index (χ0v) is 12.8. The van der Waals surface area contributed by atoms with Gasteiger partial charge in [0.25, 0.3) is 0 Å². The first-order valence-corrected chi connectivity index (χ1v) is 7.90. The number of anilines is 1. The molecular formula is C19H24N2. The summed E-state index contributed by atoms with van der Waals surface area (Å²) in [4.78, 5) is 2.37. The van der Waals surface area contributed by atoms with Crippen molar-refractivity contribution in [3.05, 3.63) is 65.2 Å². The molecule has 0 radical (unpaired) electrons. The smallest absolute Gasteiger partial charge is 0.0396 e. The lowest BCUT2D eigenvalue weighted by atomic mass is 9.99. The molecule has 0 spiro atoms. The van der Waals surface area contributed by atoms with Gasteiger partial charge in [-0.3, -0.25) is 0 Å². The minimum Gasteiger partial charge on any atom is -0.374 e. The molecule has 21 heavy (non-hydrogen) atoms. The Morgan fingerprint density at radius 1 is 1.05 bits per heavy atom. The van der Waals surface area contributed by atoms with Crippen molar-refractivity contribution < 1.29 is 0 Å². The number of nitrogens with one attached hydrogen (secondary N) is 1. The van der Waals surface area contributed by atoms with E-state index in [-0.39, 0.29) is 0 Å². The molecule has 0 saturated heterocycles. The fraction of sp³-hybridized carbons (Fsp3) is 0.368. The van der Waals surface area contributed by atoms with Crippen LogP contribution in [0, 0.1) is 0 Å². The number of rotatable bonds is 5. The van der Waals surface area contributed by atoms with E-state index >= 15 is 0 Å². The van der Waals surface area contributed by atoms with Crippen LogP contribution in [0.1, 0.15) is 23.1 Å². The molecule has 110 valence electrons. The van der Waals surface area contributed by atoms with E-state index in [0.717, 1.165) is 19.5 Å². The number of benzene rings is 2. The van der Waals surface area contributed by atoms with Gasteiger partial charge in [-0.2, -0.15) is 0 Å². The number of fused-ring (bicyclic) bond motifs is 1. The predicted octanol–water partition coefficient (Wildman–Crippen LogP) is 3.40. The molecule has 1 aliphatic rings. The summed E-state index contributed by atoms with van der Waals surface area (Å²) in [5, 5.41) is 3.55. The second kappa shape index (κ2) is 6.77. The van der Waals surface area contributed by atoms with Crippen molar-refractivity contribution in [1.29, 1.82) is 0 Å². The Hall–Kier alpha value is -1.80. The van der Waals surface area contributed by atoms with Crippen molar-refractivity contribution in [1.82, 2.24) is 5.32 Å². The van der Waals surface area contributed by atoms with Crippen LogP contribution in [0.5, 0.6) is 0 Å². The molecule has 0 unspecified atom stereocenters. The Morgan fingerprint density at radius 2 is 1.90 bits per heavy atom. The van der Waals surface area contributed by atoms with Crippen LogP contribution in [0.25, 0.3) is 0 Å². The fourth-order valence-electron chi connectivity index (χ4n) is 3.06. The Kier molecular flexibility index (Phi) is 4.56. The first-order chi connectivity index (χ1) is 10.3. The van der Waals surface area contributed by atoms with Gasteiger partial charge in [-0.1, -0.05) is 42.5 Å². The summed E-state index contributed by atoms with van der Waals surface area (Å²) in [5.41, 5.74) is 5.72. The van der Waals surface area contributed by atoms with E-state index in [1.54, 1.807) is 0 Å². The predicted molar refractivity (Wildman–Crippen MR) is 89.9 cm³/mol. The average molecular weight is 280 g/mol. The second-order valence-corrected chi connectivity index (χ2v) is 5.90. The van der Waals surface area contributed by atoms with E-state index < -0.39 is 0 Å². The van der Waals surface area contributed by atoms with Gasteiger partial charge in [-0.15, -0.1) is 0 Å². The normalized spacial score (nSPS) is 14.0. The molecule has 2 nitrogen and oxygen atoms in total. The van der Waals surface area contributed by atoms with E-state index in [2.05, 4.69) is 65.8 Å². The number of nitrogens with zero attached hydrogens (tertiary/aromatic N) is 1. The zero-order chi connectivity index (χ0) is 14.5. The van der Waals surface area contributed by atoms with Gasteiger partial charge >= 0.3 is 0 Å². The maximum atomic E-state index is 3.55. The summed E-state index contributed by atoms with van der Waals surface area (Å²) in [6.07, 6.45) is 3.58. The highest BCUT2D eigenvalue weighted by molar-refractivity contribution is 5.56. The first kappa shape index (κ1) is 14.2. The second-order valence-electron chi connectivity index (χ2n) is 5.90. The molecule has 0 fully saturated rings. The molecule has 1 heterocycles. The highest BCUT2D eigenvalue weighted by Gasteiger charge is 2.13. The van der Waals surface area contributed by atoms with Crippen LogP contribution in [0.3, 0.4) is 0 Å². The third-order valence-corrected chi connectivity index (χ3v) is 4.26. The molecule has 0 aromatic heterocycles. The Labute approximate surface area is 127 Å². The number of hydrogen-bond acceptors (Lipinski definition) is 2. The number of hydrogen-bond donors (Lipinski definition) is 1. The SMILES string of the molecule is CN1CCCc2cc(CNCCc3ccccc3)ccc21. The lowest BCUT2D eigenvalue weighted by Crippen LogP contribution is -2.25. The van der Waals surface area contributed by atoms with Gasteiger partial charge in [0.2, 0.25) is 0 Å². The van der Waals surface area contributed by atoms with E-state index in [4.69, 9.17) is 0 Å². The molecule has 0 aliphatic carbocycles. The third-order valence-electron chi connectivity index (χ3n) is 4.26. The van der Waals surface area contributed by atoms with Gasteiger partial charge in [0, 0.05) is 25.8 Å². The van der Waals surface area contributed by atoms with E-state index in [0.29, 0.717) is 0 Å². The van der Waals surface area contributed by atoms with Gasteiger partial charge < -0.3 is 10.2 Å². The molecule has 0 bridgehead atoms. The topological polar surface area (TPSA) is 15.3 Å². The molecule has 1 aliphatic heterocycles. The third kappa shape index (κ3) is 3.64. The van der Waals surface area contributed by atoms with Gasteiger partial charge in [-0.25, -0.2) is 0 Å². The molecular weight excluding hydrogens is 256 g/mol. The standard InChI is InChI=1S/C19H24N2/c1-21-13-5-8-18-14-17(9-10-19(18)21)15-20-12-11-16-6-3-2-4-7-16/h2-4,6-7,9-10,14,20H,5,8,11-13,15H2,1H3. The highest BCUT2D eigenvalue weighted by atomic mass is 15.1. The molecule has 3 rings (SSSR count). The largest absolute Gasteiger partial charge is 0.374 e. The van der Waals surface area contributed by atoms with Crippen LogP contribution >= 0.6 is 0 Å². The van der Waals surface area contributed by atoms with Gasteiger partial charge in [0.15, 0.2) is 0 Å². The lowest BCUT2D eigenvalue weighted by Gasteiger charge is -2.27. The molecule has 0 amide bonds. The minimum absolute atomic E-state index is 0.962. The molecule has 2 heteroatoms. The van der Waals surface area contributed by atoms with E-state index in [9.17, 15) is 0 Å². The van der Waals surface area contributed by atoms with Crippen LogP contribution in [-0.2, 0) is 19.4 Å². The molecule has 2 aromatic rings. The van der Waals surface area contributed by atoms with E-state index in [1.165, 1.54) is 41.8 Å². The van der Waals surface area contributed by atoms with Gasteiger partial charge in [-0.05, 0) is 48.6 Å². The summed E-state index contributed by atoms with van der Waals surface area (Å²) in [6.45, 7) is 3.17. The maximum absolute atomic E-state index is 3.55. The monoisotopic (exact) mass is 280 g/mol. The summed E-state index contributed by atoms with van der Waals surface area (Å²) < 4.78 is 0. The fourth-order valence-corrected chi connectivity index (χ4v) is 3.06. The summed E-state index contributed by atoms with van der Waals surface area (Å²) >= 11 is 0.